The minimum Gasteiger partial charge on any atom is -0.497 e. The second-order valence-corrected chi connectivity index (χ2v) is 11.0. The van der Waals surface area contributed by atoms with Crippen molar-refractivity contribution in [3.05, 3.63) is 59.5 Å². The van der Waals surface area contributed by atoms with Crippen molar-refractivity contribution in [3.63, 3.8) is 0 Å². The van der Waals surface area contributed by atoms with E-state index in [1.807, 2.05) is 6.92 Å². The van der Waals surface area contributed by atoms with E-state index in [1.165, 1.54) is 4.90 Å². The first-order valence-electron chi connectivity index (χ1n) is 14.4. The number of methoxy groups -OCH3 is 1. The molecule has 4 N–H and O–H groups in total. The van der Waals surface area contributed by atoms with Crippen molar-refractivity contribution in [2.45, 2.75) is 46.3 Å². The van der Waals surface area contributed by atoms with Crippen LogP contribution in [0.3, 0.4) is 0 Å². The number of carbonyl (C=O) groups is 3. The van der Waals surface area contributed by atoms with E-state index in [9.17, 15) is 19.5 Å². The van der Waals surface area contributed by atoms with Gasteiger partial charge in [0.25, 0.3) is 0 Å². The Morgan fingerprint density at radius 2 is 1.84 bits per heavy atom. The topological polar surface area (TPSA) is 158 Å². The smallest absolute Gasteiger partial charge is 0.323 e. The summed E-state index contributed by atoms with van der Waals surface area (Å²) in [6.07, 6.45) is -0.505. The van der Waals surface area contributed by atoms with Gasteiger partial charge in [0.1, 0.15) is 29.0 Å². The molecule has 3 aromatic rings. The monoisotopic (exact) mass is 608 g/mol. The van der Waals surface area contributed by atoms with E-state index in [0.717, 1.165) is 0 Å². The molecular weight excluding hydrogens is 568 g/mol. The van der Waals surface area contributed by atoms with Gasteiger partial charge in [0, 0.05) is 36.4 Å². The Morgan fingerprint density at radius 3 is 2.48 bits per heavy atom. The first-order chi connectivity index (χ1) is 21.0. The van der Waals surface area contributed by atoms with Crippen molar-refractivity contribution in [2.75, 3.05) is 49.8 Å². The number of likely N-dealkylation sites (N-methyl/N-ethyl adjacent to an activating group) is 1. The van der Waals surface area contributed by atoms with Crippen LogP contribution in [-0.2, 0) is 11.2 Å². The minimum absolute atomic E-state index is 0.00604. The summed E-state index contributed by atoms with van der Waals surface area (Å²) in [6, 6.07) is 10.8. The van der Waals surface area contributed by atoms with Crippen molar-refractivity contribution in [1.82, 2.24) is 15.0 Å². The van der Waals surface area contributed by atoms with Gasteiger partial charge in [-0.2, -0.15) is 0 Å². The lowest BCUT2D eigenvalue weighted by Gasteiger charge is -2.34. The Bertz CT molecular complexity index is 1460. The standard InChI is InChI=1S/C31H40N6O7/c1-18-15-37(19(2)17-38)28(39)14-22-13-24(32-30(40)34-29-20(3)35-44-21(29)4)9-12-26(22)43-27(18)16-36(5)31(41)33-23-7-10-25(42-6)11-8-23/h7-13,18-19,27,38H,14-17H2,1-6H3,(H,33,41)(H2,32,34,40)/t18-,19-,27-/m0/s1. The first-order valence-corrected chi connectivity index (χ1v) is 14.4. The zero-order valence-electron chi connectivity index (χ0n) is 25.8. The molecule has 3 atom stereocenters. The second-order valence-electron chi connectivity index (χ2n) is 11.0. The number of carbonyl (C=O) groups excluding carboxylic acids is 3. The summed E-state index contributed by atoms with van der Waals surface area (Å²) in [5.41, 5.74) is 2.65. The highest BCUT2D eigenvalue weighted by Gasteiger charge is 2.32. The van der Waals surface area contributed by atoms with Gasteiger partial charge in [0.15, 0.2) is 5.76 Å². The van der Waals surface area contributed by atoms with Gasteiger partial charge in [0.2, 0.25) is 5.91 Å². The molecule has 0 unspecified atom stereocenters. The quantitative estimate of drug-likeness (QED) is 0.295. The number of ether oxygens (including phenoxy) is 2. The number of anilines is 3. The molecule has 236 valence electrons. The zero-order valence-corrected chi connectivity index (χ0v) is 25.8. The third-order valence-electron chi connectivity index (χ3n) is 7.59. The van der Waals surface area contributed by atoms with Gasteiger partial charge in [0.05, 0.1) is 32.7 Å². The summed E-state index contributed by atoms with van der Waals surface area (Å²) in [4.78, 5) is 42.5. The van der Waals surface area contributed by atoms with E-state index in [1.54, 1.807) is 82.3 Å². The second kappa shape index (κ2) is 14.1. The predicted molar refractivity (Wildman–Crippen MR) is 165 cm³/mol. The number of hydrogen-bond acceptors (Lipinski definition) is 8. The molecule has 2 heterocycles. The molecule has 0 radical (unpaired) electrons. The number of benzene rings is 2. The molecule has 0 spiro atoms. The fourth-order valence-corrected chi connectivity index (χ4v) is 4.91. The molecule has 1 aliphatic heterocycles. The lowest BCUT2D eigenvalue weighted by Crippen LogP contribution is -2.48. The summed E-state index contributed by atoms with van der Waals surface area (Å²) >= 11 is 0. The van der Waals surface area contributed by atoms with Crippen LogP contribution in [0, 0.1) is 19.8 Å². The van der Waals surface area contributed by atoms with Gasteiger partial charge in [-0.15, -0.1) is 0 Å². The van der Waals surface area contributed by atoms with Crippen LogP contribution in [0.4, 0.5) is 26.7 Å². The number of urea groups is 2. The summed E-state index contributed by atoms with van der Waals surface area (Å²) in [5.74, 6) is 1.24. The Kier molecular flexibility index (Phi) is 10.3. The first kappa shape index (κ1) is 32.1. The molecule has 1 aromatic heterocycles. The van der Waals surface area contributed by atoms with Gasteiger partial charge in [-0.3, -0.25) is 4.79 Å². The maximum absolute atomic E-state index is 13.5. The molecule has 1 aliphatic rings. The lowest BCUT2D eigenvalue weighted by atomic mass is 10.0. The largest absolute Gasteiger partial charge is 0.497 e. The Labute approximate surface area is 256 Å². The molecule has 0 bridgehead atoms. The highest BCUT2D eigenvalue weighted by Crippen LogP contribution is 2.30. The fourth-order valence-electron chi connectivity index (χ4n) is 4.91. The number of aromatic nitrogens is 1. The van der Waals surface area contributed by atoms with E-state index in [4.69, 9.17) is 14.0 Å². The van der Waals surface area contributed by atoms with E-state index >= 15 is 0 Å². The number of nitrogens with one attached hydrogen (secondary N) is 3. The fraction of sp³-hybridized carbons (Fsp3) is 0.419. The Morgan fingerprint density at radius 1 is 1.14 bits per heavy atom. The van der Waals surface area contributed by atoms with Crippen molar-refractivity contribution >= 4 is 35.0 Å². The summed E-state index contributed by atoms with van der Waals surface area (Å²) in [6.45, 7) is 7.49. The number of aliphatic hydroxyl groups is 1. The number of hydrogen-bond donors (Lipinski definition) is 4. The maximum atomic E-state index is 13.5. The van der Waals surface area contributed by atoms with Crippen LogP contribution in [-0.4, -0.2) is 84.0 Å². The molecule has 0 aliphatic carbocycles. The van der Waals surface area contributed by atoms with E-state index < -0.39 is 18.2 Å². The van der Waals surface area contributed by atoms with Crippen LogP contribution in [0.1, 0.15) is 30.9 Å². The van der Waals surface area contributed by atoms with Crippen LogP contribution in [0.5, 0.6) is 11.5 Å². The number of aliphatic hydroxyl groups excluding tert-OH is 1. The number of fused-ring (bicyclic) bond motifs is 1. The van der Waals surface area contributed by atoms with E-state index in [-0.39, 0.29) is 37.4 Å². The van der Waals surface area contributed by atoms with Crippen molar-refractivity contribution in [1.29, 1.82) is 0 Å². The molecule has 4 rings (SSSR count). The van der Waals surface area contributed by atoms with Gasteiger partial charge >= 0.3 is 12.1 Å². The number of amides is 5. The third kappa shape index (κ3) is 7.78. The Balaban J connectivity index is 1.55. The van der Waals surface area contributed by atoms with Crippen LogP contribution in [0.15, 0.2) is 47.0 Å². The van der Waals surface area contributed by atoms with Gasteiger partial charge < -0.3 is 44.9 Å². The zero-order chi connectivity index (χ0) is 32.0. The lowest BCUT2D eigenvalue weighted by molar-refractivity contribution is -0.134. The molecule has 2 aromatic carbocycles. The highest BCUT2D eigenvalue weighted by molar-refractivity contribution is 6.00. The van der Waals surface area contributed by atoms with Crippen LogP contribution in [0.2, 0.25) is 0 Å². The van der Waals surface area contributed by atoms with Crippen molar-refractivity contribution in [3.8, 4) is 11.5 Å². The number of rotatable bonds is 8. The van der Waals surface area contributed by atoms with Crippen LogP contribution in [0.25, 0.3) is 0 Å². The Hall–Kier alpha value is -4.78. The average Bonchev–Trinajstić information content (AvgIpc) is 3.33. The molecule has 13 heteroatoms. The minimum atomic E-state index is -0.499. The molecule has 0 fully saturated rings. The predicted octanol–water partition coefficient (Wildman–Crippen LogP) is 4.26. The molecule has 13 nitrogen and oxygen atoms in total. The summed E-state index contributed by atoms with van der Waals surface area (Å²) < 4.78 is 16.8. The van der Waals surface area contributed by atoms with Crippen LogP contribution >= 0.6 is 0 Å². The van der Waals surface area contributed by atoms with E-state index in [0.29, 0.717) is 52.1 Å². The third-order valence-corrected chi connectivity index (χ3v) is 7.59. The highest BCUT2D eigenvalue weighted by atomic mass is 16.5. The van der Waals surface area contributed by atoms with E-state index in [2.05, 4.69) is 21.1 Å². The summed E-state index contributed by atoms with van der Waals surface area (Å²) in [5, 5.41) is 22.1. The van der Waals surface area contributed by atoms with Crippen molar-refractivity contribution < 1.29 is 33.5 Å². The van der Waals surface area contributed by atoms with Gasteiger partial charge in [-0.1, -0.05) is 12.1 Å². The number of nitrogens with zero attached hydrogens (tertiary/aromatic N) is 3. The molecule has 5 amide bonds. The van der Waals surface area contributed by atoms with Crippen LogP contribution < -0.4 is 25.4 Å². The average molecular weight is 609 g/mol. The maximum Gasteiger partial charge on any atom is 0.323 e. The molecular formula is C31H40N6O7. The summed E-state index contributed by atoms with van der Waals surface area (Å²) in [7, 11) is 3.25. The molecule has 44 heavy (non-hydrogen) atoms. The van der Waals surface area contributed by atoms with Gasteiger partial charge in [-0.25, -0.2) is 9.59 Å². The van der Waals surface area contributed by atoms with Gasteiger partial charge in [-0.05, 0) is 63.2 Å². The number of aryl methyl sites for hydroxylation is 2. The normalized spacial score (nSPS) is 17.2. The van der Waals surface area contributed by atoms with Crippen molar-refractivity contribution in [2.24, 2.45) is 5.92 Å². The molecule has 0 saturated heterocycles. The molecule has 0 saturated carbocycles. The SMILES string of the molecule is COc1ccc(NC(=O)N(C)C[C@@H]2Oc3ccc(NC(=O)Nc4c(C)noc4C)cc3CC(=O)N([C@@H](C)CO)C[C@@H]2C)cc1.